The largest absolute Gasteiger partial charge is 1.00 e. The molecule has 0 aromatic carbocycles. The zero-order valence-corrected chi connectivity index (χ0v) is 12.0. The molecule has 6 heteroatoms. The molecule has 0 bridgehead atoms. The number of hydrogen-bond donors (Lipinski definition) is 1. The first-order valence-corrected chi connectivity index (χ1v) is 8.01. The van der Waals surface area contributed by atoms with E-state index < -0.39 is 17.5 Å². The summed E-state index contributed by atoms with van der Waals surface area (Å²) in [6, 6.07) is 0.640. The third-order valence-corrected chi connectivity index (χ3v) is 6.64. The van der Waals surface area contributed by atoms with E-state index in [2.05, 4.69) is 0 Å². The second kappa shape index (κ2) is 6.56. The van der Waals surface area contributed by atoms with Gasteiger partial charge in [0.25, 0.3) is 0 Å². The molecule has 1 N–H and O–H groups in total. The fraction of sp³-hybridized carbons (Fsp3) is 1.00. The Bertz CT molecular complexity index is 203. The molecule has 12 heavy (non-hydrogen) atoms. The van der Waals surface area contributed by atoms with Gasteiger partial charge < -0.3 is 4.55 Å². The fourth-order valence-electron chi connectivity index (χ4n) is 0.621. The van der Waals surface area contributed by atoms with Crippen LogP contribution in [0.4, 0.5) is 0 Å². The van der Waals surface area contributed by atoms with Crippen LogP contribution >= 0.6 is 0 Å². The van der Waals surface area contributed by atoms with Gasteiger partial charge in [-0.05, 0) is 5.92 Å². The van der Waals surface area contributed by atoms with E-state index in [0.29, 0.717) is 12.0 Å². The van der Waals surface area contributed by atoms with E-state index in [1.165, 1.54) is 0 Å². The Kier molecular flexibility index (Phi) is 8.53. The predicted octanol–water partition coefficient (Wildman–Crippen LogP) is -1.45. The number of rotatable bonds is 4. The summed E-state index contributed by atoms with van der Waals surface area (Å²) in [5.41, 5.74) is 0. The van der Waals surface area contributed by atoms with Crippen LogP contribution in [0.15, 0.2) is 0 Å². The van der Waals surface area contributed by atoms with E-state index >= 15 is 0 Å². The van der Waals surface area contributed by atoms with E-state index in [-0.39, 0.29) is 29.6 Å². The van der Waals surface area contributed by atoms with Crippen LogP contribution in [0.3, 0.4) is 0 Å². The Morgan fingerprint density at radius 3 is 2.08 bits per heavy atom. The van der Waals surface area contributed by atoms with E-state index in [0.717, 1.165) is 6.42 Å². The van der Waals surface area contributed by atoms with Crippen LogP contribution in [0.2, 0.25) is 12.6 Å². The second-order valence-electron chi connectivity index (χ2n) is 3.11. The zero-order valence-electron chi connectivity index (χ0n) is 8.16. The monoisotopic (exact) mass is 218 g/mol. The van der Waals surface area contributed by atoms with Crippen molar-refractivity contribution in [3.8, 4) is 0 Å². The summed E-state index contributed by atoms with van der Waals surface area (Å²) in [5, 5.41) is 0. The first-order chi connectivity index (χ1) is 4.84. The molecule has 0 heterocycles. The van der Waals surface area contributed by atoms with Crippen molar-refractivity contribution in [3.05, 3.63) is 0 Å². The summed E-state index contributed by atoms with van der Waals surface area (Å²) < 4.78 is 29.7. The van der Waals surface area contributed by atoms with Crippen molar-refractivity contribution in [1.82, 2.24) is 0 Å². The molecule has 68 valence electrons. The van der Waals surface area contributed by atoms with E-state index in [1.54, 1.807) is 6.55 Å². The molecule has 0 rings (SSSR count). The molecule has 0 aliphatic heterocycles. The third-order valence-electron chi connectivity index (χ3n) is 1.51. The van der Waals surface area contributed by atoms with Gasteiger partial charge in [0.1, 0.15) is 0 Å². The van der Waals surface area contributed by atoms with Crippen LogP contribution in [-0.2, 0) is 9.57 Å². The summed E-state index contributed by atoms with van der Waals surface area (Å²) in [7, 11) is -5.27. The minimum Gasteiger partial charge on any atom is -0.316 e. The normalized spacial score (nSPS) is 11.8. The minimum absolute atomic E-state index is 0. The maximum atomic E-state index is 10.5. The fourth-order valence-corrected chi connectivity index (χ4v) is 2.99. The Balaban J connectivity index is 0. The smallest absolute Gasteiger partial charge is 0.316 e. The molecule has 0 fully saturated rings. The quantitative estimate of drug-likeness (QED) is 0.464. The van der Waals surface area contributed by atoms with Crippen molar-refractivity contribution in [3.63, 3.8) is 0 Å². The molecule has 0 saturated heterocycles. The standard InChI is InChI=1S/C6H15O3SSi.Na/c1-6(2)4-5-11(3)10(7,8)9;/h6H,4-5H2,1-3H3,(H,7,8,9);/q-1;+1. The summed E-state index contributed by atoms with van der Waals surface area (Å²) in [6.07, 6.45) is 0.880. The first-order valence-electron chi connectivity index (χ1n) is 3.64. The Hall–Kier alpha value is 1.13. The average Bonchev–Trinajstić information content (AvgIpc) is 1.80. The van der Waals surface area contributed by atoms with Crippen molar-refractivity contribution in [2.75, 3.05) is 0 Å². The Labute approximate surface area is 98.2 Å². The molecule has 0 aliphatic carbocycles. The van der Waals surface area contributed by atoms with Gasteiger partial charge in [-0.3, -0.25) is 0 Å². The molecule has 0 amide bonds. The van der Waals surface area contributed by atoms with Crippen molar-refractivity contribution >= 4 is 17.5 Å². The van der Waals surface area contributed by atoms with Crippen LogP contribution in [0, 0.1) is 5.92 Å². The molecule has 0 atom stereocenters. The predicted molar refractivity (Wildman–Crippen MR) is 47.4 cm³/mol. The molecular formula is C6H15NaO3SSi. The molecule has 0 aromatic heterocycles. The van der Waals surface area contributed by atoms with Crippen LogP contribution in [0.5, 0.6) is 0 Å². The van der Waals surface area contributed by atoms with Crippen molar-refractivity contribution in [2.45, 2.75) is 32.9 Å². The van der Waals surface area contributed by atoms with Gasteiger partial charge in [-0.15, -0.1) is 0 Å². The summed E-state index contributed by atoms with van der Waals surface area (Å²) in [5.74, 6) is 0.511. The zero-order chi connectivity index (χ0) is 9.07. The van der Waals surface area contributed by atoms with Gasteiger partial charge in [-0.25, -0.2) is 8.42 Å². The van der Waals surface area contributed by atoms with Gasteiger partial charge in [0.2, 0.25) is 0 Å². The van der Waals surface area contributed by atoms with Gasteiger partial charge in [0.15, 0.2) is 0 Å². The molecule has 0 unspecified atom stereocenters. The minimum atomic E-state index is -3.70. The molecule has 0 saturated carbocycles. The van der Waals surface area contributed by atoms with Gasteiger partial charge in [-0.1, -0.05) is 28.2 Å². The summed E-state index contributed by atoms with van der Waals surface area (Å²) in [4.78, 5) is 0. The van der Waals surface area contributed by atoms with Gasteiger partial charge in [-0.2, -0.15) is 12.6 Å². The van der Waals surface area contributed by atoms with E-state index in [4.69, 9.17) is 4.55 Å². The van der Waals surface area contributed by atoms with Gasteiger partial charge in [0.05, 0.1) is 9.57 Å². The summed E-state index contributed by atoms with van der Waals surface area (Å²) >= 11 is 0. The molecule has 0 spiro atoms. The van der Waals surface area contributed by atoms with Crippen LogP contribution in [-0.4, -0.2) is 20.9 Å². The van der Waals surface area contributed by atoms with Crippen molar-refractivity contribution < 1.29 is 42.5 Å². The maximum Gasteiger partial charge on any atom is 1.00 e. The second-order valence-corrected chi connectivity index (χ2v) is 9.60. The molecule has 0 radical (unpaired) electrons. The molecule has 0 aromatic rings. The SMILES string of the molecule is CC(C)CC[Si-](C)S(=O)(=O)O.[Na+]. The number of hydrogen-bond acceptors (Lipinski definition) is 2. The van der Waals surface area contributed by atoms with E-state index in [1.807, 2.05) is 13.8 Å². The van der Waals surface area contributed by atoms with Crippen molar-refractivity contribution in [2.24, 2.45) is 5.92 Å². The van der Waals surface area contributed by atoms with Crippen LogP contribution in [0.25, 0.3) is 0 Å². The van der Waals surface area contributed by atoms with Crippen LogP contribution < -0.4 is 29.6 Å². The Morgan fingerprint density at radius 2 is 1.83 bits per heavy atom. The van der Waals surface area contributed by atoms with Gasteiger partial charge >= 0.3 is 29.6 Å². The average molecular weight is 218 g/mol. The topological polar surface area (TPSA) is 54.4 Å². The Morgan fingerprint density at radius 1 is 1.42 bits per heavy atom. The van der Waals surface area contributed by atoms with Crippen molar-refractivity contribution in [1.29, 1.82) is 0 Å². The molecular weight excluding hydrogens is 203 g/mol. The summed E-state index contributed by atoms with van der Waals surface area (Å²) in [6.45, 7) is 5.71. The maximum absolute atomic E-state index is 10.5. The van der Waals surface area contributed by atoms with Gasteiger partial charge in [0, 0.05) is 0 Å². The molecule has 0 aliphatic rings. The van der Waals surface area contributed by atoms with Crippen LogP contribution in [0.1, 0.15) is 20.3 Å². The third kappa shape index (κ3) is 7.76. The molecule has 3 nitrogen and oxygen atoms in total. The first kappa shape index (κ1) is 15.6. The van der Waals surface area contributed by atoms with E-state index in [9.17, 15) is 8.42 Å².